The normalized spacial score (nSPS) is 26.3. The van der Waals surface area contributed by atoms with Gasteiger partial charge in [-0.2, -0.15) is 0 Å². The molecule has 7 atom stereocenters. The maximum Gasteiger partial charge on any atom is 0.0793 e. The summed E-state index contributed by atoms with van der Waals surface area (Å²) in [5, 5.41) is 0. The lowest BCUT2D eigenvalue weighted by molar-refractivity contribution is 0.484. The average Bonchev–Trinajstić information content (AvgIpc) is 3.58. The Hall–Kier alpha value is -5.79. The van der Waals surface area contributed by atoms with Gasteiger partial charge in [-0.3, -0.25) is 4.99 Å². The Balaban J connectivity index is 0.918. The van der Waals surface area contributed by atoms with E-state index in [1.807, 2.05) is 0 Å². The van der Waals surface area contributed by atoms with E-state index >= 15 is 0 Å². The van der Waals surface area contributed by atoms with E-state index in [4.69, 9.17) is 4.99 Å². The molecule has 0 saturated heterocycles. The molecule has 0 fully saturated rings. The molecule has 5 aromatic carbocycles. The predicted molar refractivity (Wildman–Crippen MR) is 261 cm³/mol. The van der Waals surface area contributed by atoms with Crippen molar-refractivity contribution in [2.24, 2.45) is 16.8 Å². The second kappa shape index (κ2) is 17.2. The molecular formula is C61H59N. The molecule has 0 amide bonds. The summed E-state index contributed by atoms with van der Waals surface area (Å²) in [5.74, 6) is 2.81. The fraction of sp³-hybridized carbons (Fsp3) is 0.295. The van der Waals surface area contributed by atoms with Crippen LogP contribution in [0.3, 0.4) is 0 Å². The number of dihydropyridines is 1. The van der Waals surface area contributed by atoms with E-state index in [0.717, 1.165) is 37.8 Å². The summed E-state index contributed by atoms with van der Waals surface area (Å²) in [5.41, 5.74) is 19.8. The molecule has 5 aromatic rings. The summed E-state index contributed by atoms with van der Waals surface area (Å²) in [6.45, 7) is 2.51. The van der Waals surface area contributed by atoms with Gasteiger partial charge in [-0.1, -0.05) is 182 Å². The lowest BCUT2D eigenvalue weighted by Crippen LogP contribution is -2.21. The van der Waals surface area contributed by atoms with E-state index in [1.165, 1.54) is 98.9 Å². The van der Waals surface area contributed by atoms with Crippen LogP contribution in [-0.2, 0) is 12.8 Å². The van der Waals surface area contributed by atoms with Gasteiger partial charge in [0.1, 0.15) is 0 Å². The first-order valence-corrected chi connectivity index (χ1v) is 23.8. The fourth-order valence-corrected chi connectivity index (χ4v) is 12.0. The van der Waals surface area contributed by atoms with E-state index in [0.29, 0.717) is 35.5 Å². The molecule has 5 aliphatic carbocycles. The van der Waals surface area contributed by atoms with Crippen molar-refractivity contribution in [1.29, 1.82) is 0 Å². The largest absolute Gasteiger partial charge is 0.276 e. The SMILES string of the molecule is CC1c2cc(C3=CC4c5ccccc5C(Cc5ccc(C6CC=CCC6)cc5)CCC4C=C3)ccc2-c2ccccc2CC1C1=CC(C2=CCCC=C2)=NC(c2ccccc2)C1. The van der Waals surface area contributed by atoms with Crippen LogP contribution < -0.4 is 0 Å². The Morgan fingerprint density at radius 3 is 2.31 bits per heavy atom. The van der Waals surface area contributed by atoms with Crippen LogP contribution in [0.25, 0.3) is 16.7 Å². The number of benzene rings is 5. The van der Waals surface area contributed by atoms with Crippen molar-refractivity contribution < 1.29 is 0 Å². The van der Waals surface area contributed by atoms with Crippen molar-refractivity contribution in [3.05, 3.63) is 232 Å². The van der Waals surface area contributed by atoms with Gasteiger partial charge in [0.2, 0.25) is 0 Å². The Morgan fingerprint density at radius 1 is 0.629 bits per heavy atom. The van der Waals surface area contributed by atoms with Gasteiger partial charge in [-0.25, -0.2) is 0 Å². The molecule has 1 heteroatoms. The van der Waals surface area contributed by atoms with Gasteiger partial charge >= 0.3 is 0 Å². The van der Waals surface area contributed by atoms with E-state index in [2.05, 4.69) is 183 Å². The van der Waals surface area contributed by atoms with Crippen LogP contribution >= 0.6 is 0 Å². The van der Waals surface area contributed by atoms with Crippen LogP contribution in [0.1, 0.15) is 133 Å². The Bertz CT molecular complexity index is 2680. The van der Waals surface area contributed by atoms with Crippen LogP contribution in [0.15, 0.2) is 192 Å². The number of nitrogens with zero attached hydrogens (tertiary/aromatic N) is 1. The molecule has 0 aromatic heterocycles. The second-order valence-corrected chi connectivity index (χ2v) is 19.1. The zero-order valence-corrected chi connectivity index (χ0v) is 36.3. The van der Waals surface area contributed by atoms with Gasteiger partial charge in [0.25, 0.3) is 0 Å². The molecule has 0 N–H and O–H groups in total. The zero-order chi connectivity index (χ0) is 41.4. The van der Waals surface area contributed by atoms with Crippen LogP contribution in [0, 0.1) is 11.8 Å². The van der Waals surface area contributed by atoms with Crippen molar-refractivity contribution in [1.82, 2.24) is 0 Å². The van der Waals surface area contributed by atoms with E-state index < -0.39 is 0 Å². The summed E-state index contributed by atoms with van der Waals surface area (Å²) < 4.78 is 0. The average molecular weight is 806 g/mol. The second-order valence-electron chi connectivity index (χ2n) is 19.1. The number of fused-ring (bicyclic) bond motifs is 6. The molecule has 11 rings (SSSR count). The van der Waals surface area contributed by atoms with Gasteiger partial charge < -0.3 is 0 Å². The maximum absolute atomic E-state index is 5.44. The number of allylic oxidation sites excluding steroid dienone is 11. The van der Waals surface area contributed by atoms with Gasteiger partial charge in [0, 0.05) is 5.92 Å². The van der Waals surface area contributed by atoms with Gasteiger partial charge in [-0.15, -0.1) is 0 Å². The molecule has 1 nitrogen and oxygen atoms in total. The minimum absolute atomic E-state index is 0.121. The highest BCUT2D eigenvalue weighted by Gasteiger charge is 2.35. The number of aliphatic imine (C=N–C) groups is 1. The van der Waals surface area contributed by atoms with Crippen LogP contribution in [0.5, 0.6) is 0 Å². The molecule has 0 saturated carbocycles. The highest BCUT2D eigenvalue weighted by molar-refractivity contribution is 6.11. The molecule has 308 valence electrons. The lowest BCUT2D eigenvalue weighted by atomic mass is 9.75. The number of rotatable bonds is 7. The van der Waals surface area contributed by atoms with Gasteiger partial charge in [0.05, 0.1) is 11.8 Å². The van der Waals surface area contributed by atoms with Crippen molar-refractivity contribution in [2.45, 2.75) is 101 Å². The topological polar surface area (TPSA) is 12.4 Å². The fourth-order valence-electron chi connectivity index (χ4n) is 12.0. The first kappa shape index (κ1) is 39.1. The summed E-state index contributed by atoms with van der Waals surface area (Å²) in [6.07, 6.45) is 33.3. The number of hydrogen-bond acceptors (Lipinski definition) is 1. The third-order valence-corrected chi connectivity index (χ3v) is 15.4. The minimum Gasteiger partial charge on any atom is -0.276 e. The molecule has 0 spiro atoms. The summed E-state index contributed by atoms with van der Waals surface area (Å²) >= 11 is 0. The standard InChI is InChI=1S/C61H59N/c1-41-57(52-39-60(46-17-7-3-8-18-46)62-61(40-52)47-19-9-4-10-20-47)38-50-21-11-12-22-53(50)56-34-33-49(36-58(41)56)48-31-29-45-30-32-51(54-23-13-14-24-55(54)59(45)37-48)35-42-25-27-44(28-26-42)43-15-5-2-6-16-43/h2-3,5,7-9,11-14,17-29,31,33-34,36-37,40-41,43,45,51,57,59-60H,4,6,10,15-16,30,32,35,38-39H2,1H3. The summed E-state index contributed by atoms with van der Waals surface area (Å²) in [7, 11) is 0. The Kier molecular flexibility index (Phi) is 10.8. The molecular weight excluding hydrogens is 747 g/mol. The van der Waals surface area contributed by atoms with E-state index in [-0.39, 0.29) is 6.04 Å². The monoisotopic (exact) mass is 805 g/mol. The summed E-state index contributed by atoms with van der Waals surface area (Å²) in [4.78, 5) is 5.44. The van der Waals surface area contributed by atoms with Crippen LogP contribution in [0.4, 0.5) is 0 Å². The molecule has 62 heavy (non-hydrogen) atoms. The number of hydrogen-bond donors (Lipinski definition) is 0. The van der Waals surface area contributed by atoms with Crippen LogP contribution in [0.2, 0.25) is 0 Å². The minimum atomic E-state index is 0.121. The van der Waals surface area contributed by atoms with Crippen molar-refractivity contribution in [3.63, 3.8) is 0 Å². The molecule has 0 bridgehead atoms. The van der Waals surface area contributed by atoms with Gasteiger partial charge in [-0.05, 0) is 167 Å². The zero-order valence-electron chi connectivity index (χ0n) is 36.3. The predicted octanol–water partition coefficient (Wildman–Crippen LogP) is 15.7. The van der Waals surface area contributed by atoms with Crippen molar-refractivity contribution in [3.8, 4) is 11.1 Å². The maximum atomic E-state index is 5.44. The highest BCUT2D eigenvalue weighted by atomic mass is 14.8. The van der Waals surface area contributed by atoms with Crippen LogP contribution in [-0.4, -0.2) is 5.71 Å². The lowest BCUT2D eigenvalue weighted by Gasteiger charge is -2.31. The van der Waals surface area contributed by atoms with Gasteiger partial charge in [0.15, 0.2) is 0 Å². The third kappa shape index (κ3) is 7.70. The third-order valence-electron chi connectivity index (χ3n) is 15.4. The molecule has 0 radical (unpaired) electrons. The molecule has 7 unspecified atom stereocenters. The highest BCUT2D eigenvalue weighted by Crippen LogP contribution is 2.49. The molecule has 1 heterocycles. The van der Waals surface area contributed by atoms with E-state index in [1.54, 1.807) is 5.56 Å². The van der Waals surface area contributed by atoms with E-state index in [9.17, 15) is 0 Å². The summed E-state index contributed by atoms with van der Waals surface area (Å²) in [6, 6.07) is 46.9. The van der Waals surface area contributed by atoms with Crippen molar-refractivity contribution >= 4 is 11.3 Å². The van der Waals surface area contributed by atoms with Crippen molar-refractivity contribution in [2.75, 3.05) is 0 Å². The quantitative estimate of drug-likeness (QED) is 0.145. The first-order chi connectivity index (χ1) is 30.6. The Labute approximate surface area is 370 Å². The Morgan fingerprint density at radius 2 is 1.47 bits per heavy atom. The molecule has 1 aliphatic heterocycles. The first-order valence-electron chi connectivity index (χ1n) is 23.8. The molecule has 6 aliphatic rings. The smallest absolute Gasteiger partial charge is 0.0793 e.